The number of likely N-dealkylation sites (tertiary alicyclic amines) is 1. The van der Waals surface area contributed by atoms with Gasteiger partial charge < -0.3 is 17.4 Å². The molecule has 1 amide bonds. The van der Waals surface area contributed by atoms with Crippen LogP contribution in [0.15, 0.2) is 12.2 Å². The molecular weight excluding hydrogens is 278 g/mol. The fraction of sp³-hybridized carbons (Fsp3) is 0.545. The summed E-state index contributed by atoms with van der Waals surface area (Å²) < 4.78 is 5.50. The molecule has 4 radical (unpaired) electrons. The van der Waals surface area contributed by atoms with Crippen LogP contribution in [0, 0.1) is 14.5 Å². The molecule has 0 aromatic rings. The van der Waals surface area contributed by atoms with E-state index in [0.29, 0.717) is 12.8 Å². The van der Waals surface area contributed by atoms with Crippen LogP contribution in [0.2, 0.25) is 0 Å². The van der Waals surface area contributed by atoms with Gasteiger partial charge >= 0.3 is 0 Å². The van der Waals surface area contributed by atoms with Crippen LogP contribution in [-0.2, 0) is 37.5 Å². The SMILES string of the molecule is [2H][CH2-].[B].[CH2-]N1C(=O)CC[C@@H]1C=CC(O)CC.[Y]. The summed E-state index contributed by atoms with van der Waals surface area (Å²) in [4.78, 5) is 12.6. The number of hydrogen-bond acceptors (Lipinski definition) is 2. The smallest absolute Gasteiger partial charge is 0.193 e. The van der Waals surface area contributed by atoms with Crippen molar-refractivity contribution >= 4 is 14.3 Å². The van der Waals surface area contributed by atoms with E-state index in [4.69, 9.17) is 1.37 Å². The molecule has 1 heterocycles. The minimum atomic E-state index is -0.399. The van der Waals surface area contributed by atoms with Crippen LogP contribution in [0.25, 0.3) is 0 Å². The van der Waals surface area contributed by atoms with E-state index in [-0.39, 0.29) is 53.1 Å². The third-order valence-electron chi connectivity index (χ3n) is 2.35. The number of aliphatic hydroxyl groups excluding tert-OH is 1. The molecule has 0 bridgehead atoms. The zero-order chi connectivity index (χ0) is 11.8. The average Bonchev–Trinajstić information content (AvgIpc) is 2.59. The maximum Gasteiger partial charge on any atom is 0.193 e. The van der Waals surface area contributed by atoms with E-state index in [0.717, 1.165) is 6.42 Å². The predicted octanol–water partition coefficient (Wildman–Crippen LogP) is 1.16. The molecule has 0 aromatic heterocycles. The van der Waals surface area contributed by atoms with Crippen LogP contribution < -0.4 is 0 Å². The number of rotatable bonds is 3. The first-order valence-electron chi connectivity index (χ1n) is 5.34. The Balaban J connectivity index is -0.000000464. The molecule has 88 valence electrons. The molecule has 0 saturated carbocycles. The van der Waals surface area contributed by atoms with Crippen molar-refractivity contribution < 1.29 is 44.0 Å². The molecule has 1 N–H and O–H groups in total. The molecule has 0 spiro atoms. The van der Waals surface area contributed by atoms with Gasteiger partial charge in [0.05, 0.1) is 6.10 Å². The molecule has 2 atom stereocenters. The Morgan fingerprint density at radius 1 is 1.81 bits per heavy atom. The van der Waals surface area contributed by atoms with Gasteiger partial charge in [-0.3, -0.25) is 11.8 Å². The van der Waals surface area contributed by atoms with Crippen LogP contribution in [0.1, 0.15) is 27.6 Å². The Morgan fingerprint density at radius 3 is 2.75 bits per heavy atom. The van der Waals surface area contributed by atoms with E-state index in [1.54, 1.807) is 6.08 Å². The van der Waals surface area contributed by atoms with Gasteiger partial charge in [-0.05, 0) is 12.8 Å². The van der Waals surface area contributed by atoms with Crippen molar-refractivity contribution in [3.63, 3.8) is 0 Å². The van der Waals surface area contributed by atoms with E-state index >= 15 is 0 Å². The summed E-state index contributed by atoms with van der Waals surface area (Å²) in [6.07, 6.45) is 5.29. The van der Waals surface area contributed by atoms with E-state index in [9.17, 15) is 9.90 Å². The summed E-state index contributed by atoms with van der Waals surface area (Å²) in [5.41, 5.74) is 0. The molecule has 5 heteroatoms. The summed E-state index contributed by atoms with van der Waals surface area (Å²) >= 11 is 0. The van der Waals surface area contributed by atoms with Gasteiger partial charge in [0.2, 0.25) is 0 Å². The topological polar surface area (TPSA) is 40.5 Å². The molecule has 1 aliphatic rings. The van der Waals surface area contributed by atoms with Crippen LogP contribution in [0.4, 0.5) is 0 Å². The van der Waals surface area contributed by atoms with Crippen LogP contribution in [-0.4, -0.2) is 36.5 Å². The number of nitrogens with zero attached hydrogens (tertiary/aromatic N) is 1. The van der Waals surface area contributed by atoms with Crippen molar-refractivity contribution in [2.75, 3.05) is 0 Å². The van der Waals surface area contributed by atoms with Crippen LogP contribution in [0.3, 0.4) is 0 Å². The standard InChI is InChI=1S/C10H16NO2.CH3.B.Y/c1-3-9(12)6-4-8-5-7-10(13)11(8)2;;;/h4,6,8-9,12H,2-3,5,7H2,1H3;1H3;;/q2*-1;;/t8-,9?;;;/m0.../s1/i;1D;;. The maximum absolute atomic E-state index is 11.1. The second kappa shape index (κ2) is 10.5. The van der Waals surface area contributed by atoms with Crippen molar-refractivity contribution in [1.82, 2.24) is 4.90 Å². The Labute approximate surface area is 128 Å². The van der Waals surface area contributed by atoms with Gasteiger partial charge in [-0.25, -0.2) is 1.37 Å². The molecule has 3 nitrogen and oxygen atoms in total. The zero-order valence-corrected chi connectivity index (χ0v) is 12.6. The van der Waals surface area contributed by atoms with Crippen LogP contribution in [0.5, 0.6) is 0 Å². The Morgan fingerprint density at radius 2 is 2.38 bits per heavy atom. The summed E-state index contributed by atoms with van der Waals surface area (Å²) in [7, 11) is 6.15. The van der Waals surface area contributed by atoms with Crippen molar-refractivity contribution in [1.29, 1.82) is 0 Å². The monoisotopic (exact) mass is 298 g/mol. The second-order valence-corrected chi connectivity index (χ2v) is 3.33. The van der Waals surface area contributed by atoms with E-state index in [1.807, 2.05) is 13.0 Å². The Kier molecular flexibility index (Phi) is 12.3. The molecule has 0 aromatic carbocycles. The van der Waals surface area contributed by atoms with Gasteiger partial charge in [0.1, 0.15) is 0 Å². The number of hydrogen-bond donors (Lipinski definition) is 1. The van der Waals surface area contributed by atoms with Gasteiger partial charge in [-0.15, -0.1) is 0 Å². The summed E-state index contributed by atoms with van der Waals surface area (Å²) in [5, 5.41) is 9.26. The van der Waals surface area contributed by atoms with Gasteiger partial charge in [-0.2, -0.15) is 0 Å². The maximum atomic E-state index is 11.1. The number of aliphatic hydroxyl groups is 1. The summed E-state index contributed by atoms with van der Waals surface area (Å²) in [6.45, 7) is 1.91. The summed E-state index contributed by atoms with van der Waals surface area (Å²) in [6, 6.07) is 0.0775. The van der Waals surface area contributed by atoms with Crippen molar-refractivity contribution in [3.05, 3.63) is 26.6 Å². The third kappa shape index (κ3) is 6.17. The number of carbonyl (C=O) groups excluding carboxylic acids is 1. The minimum Gasteiger partial charge on any atom is -0.490 e. The normalized spacial score (nSPS) is 21.5. The molecule has 16 heavy (non-hydrogen) atoms. The van der Waals surface area contributed by atoms with Gasteiger partial charge in [0, 0.05) is 53.6 Å². The fourth-order valence-corrected chi connectivity index (χ4v) is 1.35. The van der Waals surface area contributed by atoms with Crippen LogP contribution >= 0.6 is 0 Å². The van der Waals surface area contributed by atoms with E-state index in [1.165, 1.54) is 4.90 Å². The first-order valence-corrected chi connectivity index (χ1v) is 4.64. The molecule has 1 aliphatic heterocycles. The Bertz CT molecular complexity index is 230. The predicted molar refractivity (Wildman–Crippen MR) is 62.8 cm³/mol. The van der Waals surface area contributed by atoms with Crippen molar-refractivity contribution in [3.8, 4) is 0 Å². The molecular formula is C11H19BNO2Y-2. The molecule has 1 rings (SSSR count). The molecule has 0 aliphatic carbocycles. The van der Waals surface area contributed by atoms with Gasteiger partial charge in [0.25, 0.3) is 0 Å². The second-order valence-electron chi connectivity index (χ2n) is 3.33. The third-order valence-corrected chi connectivity index (χ3v) is 2.35. The quantitative estimate of drug-likeness (QED) is 0.482. The van der Waals surface area contributed by atoms with Crippen molar-refractivity contribution in [2.45, 2.75) is 38.3 Å². The molecule has 1 unspecified atom stereocenters. The Hall–Kier alpha value is 0.339. The largest absolute Gasteiger partial charge is 0.490 e. The average molecular weight is 298 g/mol. The van der Waals surface area contributed by atoms with Gasteiger partial charge in [-0.1, -0.05) is 19.1 Å². The first kappa shape index (κ1) is 18.7. The van der Waals surface area contributed by atoms with Gasteiger partial charge in [0.15, 0.2) is 5.91 Å². The fourth-order valence-electron chi connectivity index (χ4n) is 1.35. The number of carbonyl (C=O) groups is 1. The number of amides is 1. The molecule has 1 saturated heterocycles. The summed E-state index contributed by atoms with van der Waals surface area (Å²) in [5.74, 6) is 0.0839. The van der Waals surface area contributed by atoms with E-state index in [2.05, 4.69) is 14.5 Å². The first-order chi connectivity index (χ1) is 7.15. The van der Waals surface area contributed by atoms with E-state index < -0.39 is 6.10 Å². The minimum absolute atomic E-state index is 0. The molecule has 1 fully saturated rings. The van der Waals surface area contributed by atoms with Crippen molar-refractivity contribution in [2.24, 2.45) is 0 Å². The zero-order valence-electron chi connectivity index (χ0n) is 10.8.